The largest absolute Gasteiger partial charge is 0.383 e. The Hall–Kier alpha value is -1.59. The number of carbonyl (C=O) groups excluding carboxylic acids is 1. The van der Waals surface area contributed by atoms with Crippen molar-refractivity contribution < 1.29 is 9.53 Å². The molecular formula is C13H16ClN3O2. The number of nitrogens with one attached hydrogen (secondary N) is 1. The van der Waals surface area contributed by atoms with Crippen molar-refractivity contribution in [1.29, 1.82) is 0 Å². The maximum Gasteiger partial charge on any atom is 0.255 e. The Morgan fingerprint density at radius 3 is 3.21 bits per heavy atom. The number of methoxy groups -OCH3 is 1. The molecule has 0 aromatic carbocycles. The van der Waals surface area contributed by atoms with E-state index in [1.807, 2.05) is 18.2 Å². The molecule has 102 valence electrons. The van der Waals surface area contributed by atoms with Crippen LogP contribution in [0.2, 0.25) is 0 Å². The van der Waals surface area contributed by atoms with Crippen LogP contribution in [0.1, 0.15) is 16.8 Å². The van der Waals surface area contributed by atoms with Crippen molar-refractivity contribution >= 4 is 23.0 Å². The number of hydrogen-bond donors (Lipinski definition) is 1. The summed E-state index contributed by atoms with van der Waals surface area (Å²) in [6.07, 6.45) is 4.04. The molecule has 1 amide bonds. The molecule has 5 nitrogen and oxygen atoms in total. The van der Waals surface area contributed by atoms with Gasteiger partial charge in [0.15, 0.2) is 0 Å². The Balaban J connectivity index is 1.93. The van der Waals surface area contributed by atoms with Crippen LogP contribution in [0.25, 0.3) is 5.52 Å². The maximum absolute atomic E-state index is 12.0. The summed E-state index contributed by atoms with van der Waals surface area (Å²) in [4.78, 5) is 12.0. The Morgan fingerprint density at radius 2 is 2.42 bits per heavy atom. The molecule has 2 rings (SSSR count). The Morgan fingerprint density at radius 1 is 1.58 bits per heavy atom. The second kappa shape index (κ2) is 6.54. The van der Waals surface area contributed by atoms with E-state index >= 15 is 0 Å². The van der Waals surface area contributed by atoms with Crippen molar-refractivity contribution in [1.82, 2.24) is 14.9 Å². The molecule has 6 heteroatoms. The van der Waals surface area contributed by atoms with Crippen LogP contribution >= 0.6 is 11.6 Å². The van der Waals surface area contributed by atoms with Gasteiger partial charge >= 0.3 is 0 Å². The van der Waals surface area contributed by atoms with E-state index in [2.05, 4.69) is 10.4 Å². The average molecular weight is 282 g/mol. The summed E-state index contributed by atoms with van der Waals surface area (Å²) in [6.45, 7) is 0.995. The Bertz CT molecular complexity index is 556. The van der Waals surface area contributed by atoms with Gasteiger partial charge in [-0.05, 0) is 18.6 Å². The second-order valence-electron chi connectivity index (χ2n) is 4.19. The molecule has 1 atom stereocenters. The number of fused-ring (bicyclic) bond motifs is 1. The van der Waals surface area contributed by atoms with Crippen LogP contribution < -0.4 is 5.32 Å². The Kier molecular flexibility index (Phi) is 4.76. The molecule has 2 aromatic rings. The second-order valence-corrected chi connectivity index (χ2v) is 4.80. The summed E-state index contributed by atoms with van der Waals surface area (Å²) in [5.74, 6) is -0.137. The zero-order valence-corrected chi connectivity index (χ0v) is 11.4. The zero-order chi connectivity index (χ0) is 13.7. The van der Waals surface area contributed by atoms with Gasteiger partial charge in [0, 0.05) is 19.9 Å². The zero-order valence-electron chi connectivity index (χ0n) is 10.7. The van der Waals surface area contributed by atoms with Gasteiger partial charge in [0.2, 0.25) is 0 Å². The number of ether oxygens (including phenoxy) is 1. The first-order chi connectivity index (χ1) is 9.22. The smallest absolute Gasteiger partial charge is 0.255 e. The molecule has 1 N–H and O–H groups in total. The highest BCUT2D eigenvalue weighted by molar-refractivity contribution is 6.20. The van der Waals surface area contributed by atoms with Gasteiger partial charge in [0.05, 0.1) is 29.3 Å². The van der Waals surface area contributed by atoms with Gasteiger partial charge in [0.25, 0.3) is 5.91 Å². The SMILES string of the molecule is COCC(Cl)CCNC(=O)c1cnn2ccccc12. The number of halogens is 1. The first-order valence-corrected chi connectivity index (χ1v) is 6.49. The van der Waals surface area contributed by atoms with E-state index in [4.69, 9.17) is 16.3 Å². The Labute approximate surface area is 116 Å². The number of hydrogen-bond acceptors (Lipinski definition) is 3. The van der Waals surface area contributed by atoms with E-state index in [9.17, 15) is 4.79 Å². The van der Waals surface area contributed by atoms with Crippen molar-refractivity contribution in [2.24, 2.45) is 0 Å². The van der Waals surface area contributed by atoms with Gasteiger partial charge in [-0.3, -0.25) is 4.79 Å². The highest BCUT2D eigenvalue weighted by Gasteiger charge is 2.12. The quantitative estimate of drug-likeness (QED) is 0.820. The molecule has 0 spiro atoms. The summed E-state index contributed by atoms with van der Waals surface area (Å²) >= 11 is 5.99. The molecule has 0 radical (unpaired) electrons. The van der Waals surface area contributed by atoms with Crippen LogP contribution in [0.4, 0.5) is 0 Å². The monoisotopic (exact) mass is 281 g/mol. The summed E-state index contributed by atoms with van der Waals surface area (Å²) in [6, 6.07) is 5.60. The van der Waals surface area contributed by atoms with Crippen molar-refractivity contribution in [2.45, 2.75) is 11.8 Å². The minimum Gasteiger partial charge on any atom is -0.383 e. The molecule has 1 unspecified atom stereocenters. The van der Waals surface area contributed by atoms with Crippen LogP contribution in [0.15, 0.2) is 30.6 Å². The van der Waals surface area contributed by atoms with E-state index in [0.29, 0.717) is 25.1 Å². The lowest BCUT2D eigenvalue weighted by atomic mass is 10.2. The predicted molar refractivity (Wildman–Crippen MR) is 73.7 cm³/mol. The lowest BCUT2D eigenvalue weighted by Gasteiger charge is -2.08. The standard InChI is InChI=1S/C13H16ClN3O2/c1-19-9-10(14)5-6-15-13(18)11-8-16-17-7-3-2-4-12(11)17/h2-4,7-8,10H,5-6,9H2,1H3,(H,15,18). The highest BCUT2D eigenvalue weighted by Crippen LogP contribution is 2.09. The summed E-state index contributed by atoms with van der Waals surface area (Å²) in [7, 11) is 1.60. The van der Waals surface area contributed by atoms with Crippen LogP contribution in [-0.4, -0.2) is 41.2 Å². The van der Waals surface area contributed by atoms with Crippen LogP contribution in [-0.2, 0) is 4.74 Å². The lowest BCUT2D eigenvalue weighted by Crippen LogP contribution is -2.26. The molecule has 2 aromatic heterocycles. The minimum absolute atomic E-state index is 0.0887. The number of pyridine rings is 1. The van der Waals surface area contributed by atoms with Crippen molar-refractivity contribution in [3.8, 4) is 0 Å². The fraction of sp³-hybridized carbons (Fsp3) is 0.385. The highest BCUT2D eigenvalue weighted by atomic mass is 35.5. The van der Waals surface area contributed by atoms with E-state index in [1.165, 1.54) is 0 Å². The van der Waals surface area contributed by atoms with Crippen molar-refractivity contribution in [3.05, 3.63) is 36.2 Å². The van der Waals surface area contributed by atoms with Crippen molar-refractivity contribution in [2.75, 3.05) is 20.3 Å². The fourth-order valence-electron chi connectivity index (χ4n) is 1.81. The third-order valence-corrected chi connectivity index (χ3v) is 3.11. The summed E-state index contributed by atoms with van der Waals surface area (Å²) < 4.78 is 6.60. The molecule has 19 heavy (non-hydrogen) atoms. The average Bonchev–Trinajstić information content (AvgIpc) is 2.82. The minimum atomic E-state index is -0.137. The number of aromatic nitrogens is 2. The first-order valence-electron chi connectivity index (χ1n) is 6.06. The molecule has 2 heterocycles. The van der Waals surface area contributed by atoms with E-state index < -0.39 is 0 Å². The topological polar surface area (TPSA) is 55.6 Å². The molecule has 0 aliphatic heterocycles. The fourth-order valence-corrected chi connectivity index (χ4v) is 2.05. The molecule has 0 bridgehead atoms. The van der Waals surface area contributed by atoms with Gasteiger partial charge in [-0.1, -0.05) is 6.07 Å². The van der Waals surface area contributed by atoms with Gasteiger partial charge in [-0.25, -0.2) is 4.52 Å². The molecule has 0 aliphatic rings. The third-order valence-electron chi connectivity index (χ3n) is 2.76. The number of carbonyl (C=O) groups is 1. The normalized spacial score (nSPS) is 12.5. The van der Waals surface area contributed by atoms with Crippen LogP contribution in [0.5, 0.6) is 0 Å². The molecule has 0 aliphatic carbocycles. The number of alkyl halides is 1. The van der Waals surface area contributed by atoms with E-state index in [1.54, 1.807) is 24.0 Å². The number of amides is 1. The van der Waals surface area contributed by atoms with Gasteiger partial charge in [-0.15, -0.1) is 11.6 Å². The summed E-state index contributed by atoms with van der Waals surface area (Å²) in [5.41, 5.74) is 1.36. The van der Waals surface area contributed by atoms with E-state index in [0.717, 1.165) is 5.52 Å². The van der Waals surface area contributed by atoms with Crippen molar-refractivity contribution in [3.63, 3.8) is 0 Å². The van der Waals surface area contributed by atoms with Crippen LogP contribution in [0.3, 0.4) is 0 Å². The molecule has 0 fully saturated rings. The molecule has 0 saturated carbocycles. The first kappa shape index (κ1) is 13.8. The van der Waals surface area contributed by atoms with Crippen LogP contribution in [0, 0.1) is 0 Å². The third kappa shape index (κ3) is 3.45. The molecule has 0 saturated heterocycles. The van der Waals surface area contributed by atoms with Gasteiger partial charge in [0.1, 0.15) is 0 Å². The molecular weight excluding hydrogens is 266 g/mol. The van der Waals surface area contributed by atoms with E-state index in [-0.39, 0.29) is 11.3 Å². The lowest BCUT2D eigenvalue weighted by molar-refractivity contribution is 0.0953. The van der Waals surface area contributed by atoms with Gasteiger partial charge < -0.3 is 10.1 Å². The maximum atomic E-state index is 12.0. The summed E-state index contributed by atoms with van der Waals surface area (Å²) in [5, 5.41) is 6.87. The predicted octanol–water partition coefficient (Wildman–Crippen LogP) is 1.71. The van der Waals surface area contributed by atoms with Gasteiger partial charge in [-0.2, -0.15) is 5.10 Å². The number of nitrogens with zero attached hydrogens (tertiary/aromatic N) is 2. The number of rotatable bonds is 6.